The molecule has 0 saturated carbocycles. The monoisotopic (exact) mass is 285 g/mol. The molecular weight excluding hydrogens is 262 g/mol. The van der Waals surface area contributed by atoms with Crippen molar-refractivity contribution in [2.45, 2.75) is 31.8 Å². The molecule has 1 N–H and O–H groups in total. The lowest BCUT2D eigenvalue weighted by atomic mass is 9.98. The van der Waals surface area contributed by atoms with E-state index in [2.05, 4.69) is 31.0 Å². The van der Waals surface area contributed by atoms with Crippen LogP contribution in [0.4, 0.5) is 0 Å². The molecular formula is C18H23NO2. The molecule has 2 aromatic rings. The van der Waals surface area contributed by atoms with E-state index in [1.165, 1.54) is 0 Å². The molecule has 3 nitrogen and oxygen atoms in total. The van der Waals surface area contributed by atoms with E-state index in [1.54, 1.807) is 0 Å². The van der Waals surface area contributed by atoms with Crippen LogP contribution in [-0.4, -0.2) is 36.3 Å². The van der Waals surface area contributed by atoms with Crippen molar-refractivity contribution in [3.05, 3.63) is 42.0 Å². The number of ether oxygens (including phenoxy) is 1. The first kappa shape index (κ1) is 14.4. The molecule has 1 atom stereocenters. The van der Waals surface area contributed by atoms with Gasteiger partial charge in [-0.15, -0.1) is 0 Å². The number of fused-ring (bicyclic) bond motifs is 1. The van der Waals surface area contributed by atoms with E-state index in [0.29, 0.717) is 11.8 Å². The van der Waals surface area contributed by atoms with Crippen LogP contribution in [-0.2, 0) is 4.74 Å². The van der Waals surface area contributed by atoms with E-state index in [9.17, 15) is 5.11 Å². The lowest BCUT2D eigenvalue weighted by Crippen LogP contribution is -2.38. The first-order valence-electron chi connectivity index (χ1n) is 7.69. The second kappa shape index (κ2) is 6.04. The molecule has 0 radical (unpaired) electrons. The summed E-state index contributed by atoms with van der Waals surface area (Å²) < 4.78 is 5.44. The molecule has 1 aliphatic rings. The minimum Gasteiger partial charge on any atom is -0.507 e. The van der Waals surface area contributed by atoms with Crippen LogP contribution in [0, 0.1) is 0 Å². The lowest BCUT2D eigenvalue weighted by molar-refractivity contribution is 0.0306. The molecule has 112 valence electrons. The van der Waals surface area contributed by atoms with Crippen molar-refractivity contribution in [2.24, 2.45) is 0 Å². The molecule has 1 aliphatic heterocycles. The fraction of sp³-hybridized carbons (Fsp3) is 0.444. The Morgan fingerprint density at radius 1 is 1.14 bits per heavy atom. The largest absolute Gasteiger partial charge is 0.507 e. The highest BCUT2D eigenvalue weighted by Gasteiger charge is 2.25. The molecule has 1 unspecified atom stereocenters. The molecule has 1 heterocycles. The first-order valence-corrected chi connectivity index (χ1v) is 7.69. The van der Waals surface area contributed by atoms with Gasteiger partial charge in [0.25, 0.3) is 0 Å². The van der Waals surface area contributed by atoms with Crippen LogP contribution in [0.3, 0.4) is 0 Å². The van der Waals surface area contributed by atoms with Crippen LogP contribution < -0.4 is 0 Å². The van der Waals surface area contributed by atoms with Crippen molar-refractivity contribution < 1.29 is 9.84 Å². The second-order valence-electron chi connectivity index (χ2n) is 5.91. The normalized spacial score (nSPS) is 18.2. The number of phenols is 1. The van der Waals surface area contributed by atoms with Gasteiger partial charge in [-0.2, -0.15) is 0 Å². The Labute approximate surface area is 126 Å². The smallest absolute Gasteiger partial charge is 0.128 e. The molecule has 0 aromatic heterocycles. The highest BCUT2D eigenvalue weighted by molar-refractivity contribution is 5.89. The van der Waals surface area contributed by atoms with Gasteiger partial charge in [0.15, 0.2) is 0 Å². The highest BCUT2D eigenvalue weighted by atomic mass is 16.5. The van der Waals surface area contributed by atoms with E-state index < -0.39 is 0 Å². The van der Waals surface area contributed by atoms with Gasteiger partial charge in [-0.1, -0.05) is 36.4 Å². The average Bonchev–Trinajstić information content (AvgIpc) is 2.55. The Kier molecular flexibility index (Phi) is 4.13. The van der Waals surface area contributed by atoms with E-state index in [0.717, 1.165) is 42.4 Å². The number of rotatable bonds is 3. The van der Waals surface area contributed by atoms with Gasteiger partial charge >= 0.3 is 0 Å². The third-order valence-electron chi connectivity index (χ3n) is 4.76. The van der Waals surface area contributed by atoms with Crippen molar-refractivity contribution in [3.8, 4) is 5.75 Å². The molecule has 0 bridgehead atoms. The van der Waals surface area contributed by atoms with Crippen LogP contribution in [0.5, 0.6) is 5.75 Å². The minimum atomic E-state index is 0.192. The summed E-state index contributed by atoms with van der Waals surface area (Å²) >= 11 is 0. The summed E-state index contributed by atoms with van der Waals surface area (Å²) in [4.78, 5) is 2.37. The fourth-order valence-corrected chi connectivity index (χ4v) is 3.24. The molecule has 0 amide bonds. The van der Waals surface area contributed by atoms with E-state index in [1.807, 2.05) is 24.3 Å². The van der Waals surface area contributed by atoms with Crippen molar-refractivity contribution in [3.63, 3.8) is 0 Å². The maximum Gasteiger partial charge on any atom is 0.128 e. The molecule has 0 spiro atoms. The number of benzene rings is 2. The molecule has 0 aliphatic carbocycles. The second-order valence-corrected chi connectivity index (χ2v) is 5.91. The average molecular weight is 285 g/mol. The number of nitrogens with zero attached hydrogens (tertiary/aromatic N) is 1. The Hall–Kier alpha value is -1.58. The maximum atomic E-state index is 10.6. The maximum absolute atomic E-state index is 10.6. The van der Waals surface area contributed by atoms with Gasteiger partial charge in [-0.25, -0.2) is 0 Å². The van der Waals surface area contributed by atoms with Crippen LogP contribution >= 0.6 is 0 Å². The SMILES string of the molecule is CC(c1ccc2ccccc2c1O)N(C)C1CCOCC1. The van der Waals surface area contributed by atoms with Gasteiger partial charge in [0.05, 0.1) is 0 Å². The Morgan fingerprint density at radius 2 is 1.86 bits per heavy atom. The summed E-state index contributed by atoms with van der Waals surface area (Å²) in [7, 11) is 2.15. The highest BCUT2D eigenvalue weighted by Crippen LogP contribution is 2.35. The predicted molar refractivity (Wildman–Crippen MR) is 85.6 cm³/mol. The number of phenolic OH excluding ortho intramolecular Hbond substituents is 1. The molecule has 1 fully saturated rings. The molecule has 3 heteroatoms. The number of aromatic hydroxyl groups is 1. The van der Waals surface area contributed by atoms with Crippen molar-refractivity contribution in [1.82, 2.24) is 4.90 Å². The van der Waals surface area contributed by atoms with Crippen LogP contribution in [0.1, 0.15) is 31.4 Å². The minimum absolute atomic E-state index is 0.192. The van der Waals surface area contributed by atoms with Gasteiger partial charge in [0.1, 0.15) is 5.75 Å². The summed E-state index contributed by atoms with van der Waals surface area (Å²) in [6.45, 7) is 3.84. The zero-order chi connectivity index (χ0) is 14.8. The standard InChI is InChI=1S/C18H23NO2/c1-13(19(2)15-9-11-21-12-10-15)16-8-7-14-5-3-4-6-17(14)18(16)20/h3-8,13,15,20H,9-12H2,1-2H3. The number of hydrogen-bond acceptors (Lipinski definition) is 3. The first-order chi connectivity index (χ1) is 10.2. The summed E-state index contributed by atoms with van der Waals surface area (Å²) in [5.41, 5.74) is 1.00. The van der Waals surface area contributed by atoms with Gasteiger partial charge in [-0.3, -0.25) is 4.90 Å². The van der Waals surface area contributed by atoms with Crippen LogP contribution in [0.2, 0.25) is 0 Å². The lowest BCUT2D eigenvalue weighted by Gasteiger charge is -2.36. The molecule has 3 rings (SSSR count). The van der Waals surface area contributed by atoms with Crippen molar-refractivity contribution in [2.75, 3.05) is 20.3 Å². The van der Waals surface area contributed by atoms with Gasteiger partial charge in [-0.05, 0) is 32.2 Å². The van der Waals surface area contributed by atoms with Crippen LogP contribution in [0.15, 0.2) is 36.4 Å². The van der Waals surface area contributed by atoms with E-state index >= 15 is 0 Å². The van der Waals surface area contributed by atoms with Gasteiger partial charge < -0.3 is 9.84 Å². The van der Waals surface area contributed by atoms with Gasteiger partial charge in [0, 0.05) is 36.2 Å². The Morgan fingerprint density at radius 3 is 2.62 bits per heavy atom. The van der Waals surface area contributed by atoms with E-state index in [4.69, 9.17) is 4.74 Å². The van der Waals surface area contributed by atoms with E-state index in [-0.39, 0.29) is 6.04 Å². The Bertz CT molecular complexity index is 620. The molecule has 21 heavy (non-hydrogen) atoms. The third kappa shape index (κ3) is 2.76. The third-order valence-corrected chi connectivity index (χ3v) is 4.76. The summed E-state index contributed by atoms with van der Waals surface area (Å²) in [5, 5.41) is 12.6. The van der Waals surface area contributed by atoms with Crippen molar-refractivity contribution in [1.29, 1.82) is 0 Å². The topological polar surface area (TPSA) is 32.7 Å². The summed E-state index contributed by atoms with van der Waals surface area (Å²) in [6.07, 6.45) is 2.13. The van der Waals surface area contributed by atoms with Gasteiger partial charge in [0.2, 0.25) is 0 Å². The van der Waals surface area contributed by atoms with Crippen molar-refractivity contribution >= 4 is 10.8 Å². The van der Waals surface area contributed by atoms with Crippen LogP contribution in [0.25, 0.3) is 10.8 Å². The zero-order valence-electron chi connectivity index (χ0n) is 12.7. The Balaban J connectivity index is 1.90. The number of hydrogen-bond donors (Lipinski definition) is 1. The summed E-state index contributed by atoms with van der Waals surface area (Å²) in [6, 6.07) is 12.9. The fourth-order valence-electron chi connectivity index (χ4n) is 3.24. The molecule has 1 saturated heterocycles. The quantitative estimate of drug-likeness (QED) is 0.933. The predicted octanol–water partition coefficient (Wildman–Crippen LogP) is 3.72. The zero-order valence-corrected chi connectivity index (χ0v) is 12.7. The molecule has 2 aromatic carbocycles. The summed E-state index contributed by atoms with van der Waals surface area (Å²) in [5.74, 6) is 0.416.